The van der Waals surface area contributed by atoms with Gasteiger partial charge in [-0.15, -0.1) is 10.2 Å². The minimum atomic E-state index is -3.82. The molecular formula is C35H39ClN10O3S2. The molecule has 1 aliphatic carbocycles. The van der Waals surface area contributed by atoms with Gasteiger partial charge in [-0.1, -0.05) is 65.4 Å². The molecule has 16 heteroatoms. The zero-order valence-electron chi connectivity index (χ0n) is 28.2. The van der Waals surface area contributed by atoms with E-state index in [-0.39, 0.29) is 21.9 Å². The van der Waals surface area contributed by atoms with Crippen molar-refractivity contribution in [3.63, 3.8) is 0 Å². The summed E-state index contributed by atoms with van der Waals surface area (Å²) in [4.78, 5) is 27.1. The van der Waals surface area contributed by atoms with Gasteiger partial charge in [0, 0.05) is 36.3 Å². The Labute approximate surface area is 306 Å². The number of anilines is 5. The molecule has 0 spiro atoms. The van der Waals surface area contributed by atoms with Crippen LogP contribution in [0.25, 0.3) is 0 Å². The van der Waals surface area contributed by atoms with E-state index in [1.807, 2.05) is 55.5 Å². The van der Waals surface area contributed by atoms with E-state index in [4.69, 9.17) is 11.6 Å². The number of hydrogen-bond acceptors (Lipinski definition) is 12. The van der Waals surface area contributed by atoms with Crippen molar-refractivity contribution in [2.45, 2.75) is 57.5 Å². The predicted molar refractivity (Wildman–Crippen MR) is 202 cm³/mol. The zero-order valence-corrected chi connectivity index (χ0v) is 30.6. The van der Waals surface area contributed by atoms with Crippen LogP contribution in [0.15, 0.2) is 77.7 Å². The van der Waals surface area contributed by atoms with Crippen LogP contribution in [-0.4, -0.2) is 46.0 Å². The summed E-state index contributed by atoms with van der Waals surface area (Å²) in [6, 6.07) is 21.9. The summed E-state index contributed by atoms with van der Waals surface area (Å²) in [7, 11) is -3.82. The Balaban J connectivity index is 1.01. The molecule has 5 N–H and O–H groups in total. The predicted octanol–water partition coefficient (Wildman–Crippen LogP) is 6.88. The van der Waals surface area contributed by atoms with Gasteiger partial charge >= 0.3 is 0 Å². The number of aromatic nitrogens is 5. The first kappa shape index (κ1) is 35.9. The molecule has 1 fully saturated rings. The number of benzene rings is 3. The second-order valence-electron chi connectivity index (χ2n) is 12.4. The highest BCUT2D eigenvalue weighted by atomic mass is 35.5. The highest BCUT2D eigenvalue weighted by Gasteiger charge is 2.27. The lowest BCUT2D eigenvalue weighted by atomic mass is 9.81. The third kappa shape index (κ3) is 9.90. The highest BCUT2D eigenvalue weighted by molar-refractivity contribution is 7.93. The van der Waals surface area contributed by atoms with Crippen molar-refractivity contribution in [3.8, 4) is 0 Å². The van der Waals surface area contributed by atoms with Crippen molar-refractivity contribution in [3.05, 3.63) is 99.5 Å². The maximum atomic E-state index is 13.1. The van der Waals surface area contributed by atoms with E-state index in [9.17, 15) is 13.2 Å². The Morgan fingerprint density at radius 2 is 1.47 bits per heavy atom. The molecular weight excluding hydrogens is 708 g/mol. The van der Waals surface area contributed by atoms with Gasteiger partial charge in [-0.2, -0.15) is 15.0 Å². The molecule has 13 nitrogen and oxygen atoms in total. The fraction of sp³-hybridized carbons (Fsp3) is 0.314. The van der Waals surface area contributed by atoms with Crippen molar-refractivity contribution < 1.29 is 13.2 Å². The Morgan fingerprint density at radius 1 is 0.804 bits per heavy atom. The third-order valence-electron chi connectivity index (χ3n) is 8.69. The van der Waals surface area contributed by atoms with Crippen LogP contribution in [-0.2, 0) is 27.9 Å². The number of rotatable bonds is 14. The van der Waals surface area contributed by atoms with Crippen LogP contribution in [0.5, 0.6) is 0 Å². The second-order valence-corrected chi connectivity index (χ2v) is 15.6. The van der Waals surface area contributed by atoms with E-state index in [0.717, 1.165) is 53.7 Å². The number of hydrogen-bond donors (Lipinski definition) is 5. The summed E-state index contributed by atoms with van der Waals surface area (Å²) >= 11 is 7.48. The van der Waals surface area contributed by atoms with Crippen LogP contribution in [0.2, 0.25) is 5.02 Å². The molecule has 0 radical (unpaired) electrons. The maximum absolute atomic E-state index is 13.1. The van der Waals surface area contributed by atoms with Crippen molar-refractivity contribution in [1.82, 2.24) is 25.1 Å². The standard InChI is InChI=1S/C35H39ClN10O3S2/c1-22-27(9-6-10-30(22)36)21-39-34-42-32(37-19-24-7-4-3-5-8-24)41-33(43-34)38-20-25-11-13-26(14-12-25)31(47)40-28-15-17-29(18-16-28)51(48,49)46-35-45-44-23(2)50-35/h3-10,15-18,25-26H,11-14,19-21H2,1-2H3,(H,40,47)(H,45,46)(H3,37,38,39,41,42,43)/t25-,26-. The monoisotopic (exact) mass is 746 g/mol. The molecule has 0 bridgehead atoms. The van der Waals surface area contributed by atoms with Gasteiger partial charge in [0.2, 0.25) is 28.9 Å². The first-order chi connectivity index (χ1) is 24.6. The van der Waals surface area contributed by atoms with Crippen LogP contribution >= 0.6 is 22.9 Å². The van der Waals surface area contributed by atoms with Crippen molar-refractivity contribution >= 4 is 67.5 Å². The first-order valence-corrected chi connectivity index (χ1v) is 19.3. The lowest BCUT2D eigenvalue weighted by molar-refractivity contribution is -0.121. The van der Waals surface area contributed by atoms with Gasteiger partial charge in [0.15, 0.2) is 0 Å². The molecule has 2 aromatic heterocycles. The lowest BCUT2D eigenvalue weighted by Crippen LogP contribution is -2.29. The molecule has 0 aliphatic heterocycles. The fourth-order valence-electron chi connectivity index (χ4n) is 5.75. The van der Waals surface area contributed by atoms with Gasteiger partial charge in [0.1, 0.15) is 5.01 Å². The molecule has 51 heavy (non-hydrogen) atoms. The molecule has 1 amide bonds. The first-order valence-electron chi connectivity index (χ1n) is 16.6. The molecule has 0 unspecified atom stereocenters. The molecule has 266 valence electrons. The molecule has 0 atom stereocenters. The van der Waals surface area contributed by atoms with Crippen LogP contribution in [0, 0.1) is 25.7 Å². The van der Waals surface area contributed by atoms with E-state index in [1.165, 1.54) is 12.1 Å². The summed E-state index contributed by atoms with van der Waals surface area (Å²) in [6.45, 7) is 5.46. The number of amides is 1. The maximum Gasteiger partial charge on any atom is 0.263 e. The fourth-order valence-corrected chi connectivity index (χ4v) is 7.76. The molecule has 5 aromatic rings. The number of aryl methyl sites for hydroxylation is 1. The van der Waals surface area contributed by atoms with Crippen LogP contribution in [0.1, 0.15) is 47.4 Å². The third-order valence-corrected chi connectivity index (χ3v) is 11.3. The molecule has 1 saturated carbocycles. The highest BCUT2D eigenvalue weighted by Crippen LogP contribution is 2.30. The number of carbonyl (C=O) groups excluding carboxylic acids is 1. The van der Waals surface area contributed by atoms with Gasteiger partial charge in [0.05, 0.1) is 4.90 Å². The average molecular weight is 747 g/mol. The summed E-state index contributed by atoms with van der Waals surface area (Å²) < 4.78 is 27.8. The van der Waals surface area contributed by atoms with E-state index in [2.05, 4.69) is 51.1 Å². The van der Waals surface area contributed by atoms with Gasteiger partial charge in [-0.3, -0.25) is 9.52 Å². The summed E-state index contributed by atoms with van der Waals surface area (Å²) in [5, 5.41) is 22.2. The van der Waals surface area contributed by atoms with E-state index >= 15 is 0 Å². The van der Waals surface area contributed by atoms with Gasteiger partial charge < -0.3 is 21.3 Å². The topological polar surface area (TPSA) is 176 Å². The minimum absolute atomic E-state index is 0.0674. The number of nitrogens with one attached hydrogen (secondary N) is 5. The van der Waals surface area contributed by atoms with Crippen LogP contribution in [0.4, 0.5) is 28.7 Å². The summed E-state index contributed by atoms with van der Waals surface area (Å²) in [5.74, 6) is 1.49. The largest absolute Gasteiger partial charge is 0.354 e. The molecule has 2 heterocycles. The van der Waals surface area contributed by atoms with Crippen molar-refractivity contribution in [2.75, 3.05) is 32.5 Å². The van der Waals surface area contributed by atoms with Crippen LogP contribution < -0.4 is 26.0 Å². The zero-order chi connectivity index (χ0) is 35.8. The average Bonchev–Trinajstić information content (AvgIpc) is 3.54. The van der Waals surface area contributed by atoms with Gasteiger partial charge in [0.25, 0.3) is 10.0 Å². The molecule has 0 saturated heterocycles. The van der Waals surface area contributed by atoms with Gasteiger partial charge in [-0.25, -0.2) is 8.42 Å². The Hall–Kier alpha value is -4.86. The van der Waals surface area contributed by atoms with E-state index in [1.54, 1.807) is 19.1 Å². The second kappa shape index (κ2) is 16.4. The van der Waals surface area contributed by atoms with Crippen molar-refractivity contribution in [1.29, 1.82) is 0 Å². The van der Waals surface area contributed by atoms with Crippen molar-refractivity contribution in [2.24, 2.45) is 11.8 Å². The SMILES string of the molecule is Cc1nnc(NS(=O)(=O)c2ccc(NC(=O)[C@H]3CC[C@H](CNc4nc(NCc5ccccc5)nc(NCc5cccc(Cl)c5C)n4)CC3)cc2)s1. The van der Waals surface area contributed by atoms with Gasteiger partial charge in [-0.05, 0) is 92.5 Å². The lowest BCUT2D eigenvalue weighted by Gasteiger charge is -2.28. The summed E-state index contributed by atoms with van der Waals surface area (Å²) in [5.41, 5.74) is 3.70. The smallest absolute Gasteiger partial charge is 0.263 e. The molecule has 3 aromatic carbocycles. The van der Waals surface area contributed by atoms with E-state index in [0.29, 0.717) is 59.1 Å². The normalized spacial score (nSPS) is 15.9. The summed E-state index contributed by atoms with van der Waals surface area (Å²) in [6.07, 6.45) is 3.20. The Bertz CT molecular complexity index is 2060. The Morgan fingerprint density at radius 3 is 2.14 bits per heavy atom. The number of nitrogens with zero attached hydrogens (tertiary/aromatic N) is 5. The number of carbonyl (C=O) groups is 1. The molecule has 6 rings (SSSR count). The number of sulfonamides is 1. The number of halogens is 1. The van der Waals surface area contributed by atoms with Crippen LogP contribution in [0.3, 0.4) is 0 Å². The Kier molecular flexibility index (Phi) is 11.6. The van der Waals surface area contributed by atoms with E-state index < -0.39 is 10.0 Å². The molecule has 1 aliphatic rings. The quantitative estimate of drug-likeness (QED) is 0.0801. The minimum Gasteiger partial charge on any atom is -0.354 e.